The lowest BCUT2D eigenvalue weighted by atomic mass is 9.96. The number of hydrogen-bond acceptors (Lipinski definition) is 3. The highest BCUT2D eigenvalue weighted by Gasteiger charge is 2.39. The minimum atomic E-state index is -3.33. The predicted octanol–water partition coefficient (Wildman–Crippen LogP) is 5.47. The summed E-state index contributed by atoms with van der Waals surface area (Å²) < 4.78 is 14.5. The lowest BCUT2D eigenvalue weighted by Gasteiger charge is -2.29. The van der Waals surface area contributed by atoms with E-state index in [0.29, 0.717) is 17.0 Å². The molecule has 3 aromatic carbocycles. The summed E-state index contributed by atoms with van der Waals surface area (Å²) in [6.07, 6.45) is 3.10. The molecule has 0 aliphatic heterocycles. The molecule has 162 valence electrons. The summed E-state index contributed by atoms with van der Waals surface area (Å²) in [4.78, 5) is 11.9. The Morgan fingerprint density at radius 2 is 1.32 bits per heavy atom. The molecule has 0 fully saturated rings. The maximum Gasteiger partial charge on any atom is 0.232 e. The van der Waals surface area contributed by atoms with Gasteiger partial charge in [-0.05, 0) is 36.2 Å². The third-order valence-electron chi connectivity index (χ3n) is 5.48. The quantitative estimate of drug-likeness (QED) is 0.187. The van der Waals surface area contributed by atoms with Crippen molar-refractivity contribution < 1.29 is 9.49 Å². The number of nitro groups is 1. The maximum atomic E-state index is 14.5. The molecule has 3 rings (SSSR count). The fourth-order valence-corrected chi connectivity index (χ4v) is 6.30. The fraction of sp³-hybridized carbons (Fsp3) is 0.280. The second-order valence-corrected chi connectivity index (χ2v) is 10.2. The molecule has 5 nitrogen and oxygen atoms in total. The van der Waals surface area contributed by atoms with Gasteiger partial charge in [-0.25, -0.2) is 5.09 Å². The lowest BCUT2D eigenvalue weighted by Crippen LogP contribution is -2.39. The van der Waals surface area contributed by atoms with E-state index in [2.05, 4.69) is 12.0 Å². The second kappa shape index (κ2) is 11.0. The minimum Gasteiger partial charge on any atom is -0.296 e. The second-order valence-electron chi connectivity index (χ2n) is 7.65. The number of nitrogens with zero attached hydrogens (tertiary/aromatic N) is 1. The first-order valence-corrected chi connectivity index (χ1v) is 12.4. The van der Waals surface area contributed by atoms with E-state index in [9.17, 15) is 14.7 Å². The van der Waals surface area contributed by atoms with E-state index in [-0.39, 0.29) is 4.92 Å². The van der Waals surface area contributed by atoms with E-state index in [4.69, 9.17) is 0 Å². The summed E-state index contributed by atoms with van der Waals surface area (Å²) in [5.74, 6) is 0. The Kier molecular flexibility index (Phi) is 8.16. The molecule has 0 saturated carbocycles. The van der Waals surface area contributed by atoms with Crippen LogP contribution >= 0.6 is 7.29 Å². The van der Waals surface area contributed by atoms with Crippen LogP contribution in [-0.4, -0.2) is 11.0 Å². The molecule has 0 spiro atoms. The molecule has 1 N–H and O–H groups in total. The molecule has 0 aliphatic rings. The van der Waals surface area contributed by atoms with Gasteiger partial charge >= 0.3 is 0 Å². The summed E-state index contributed by atoms with van der Waals surface area (Å²) in [7, 11) is -3.33. The van der Waals surface area contributed by atoms with Gasteiger partial charge in [0.25, 0.3) is 0 Å². The molecule has 0 saturated heterocycles. The molecular formula is C25H29N2O3P. The van der Waals surface area contributed by atoms with Gasteiger partial charge < -0.3 is 0 Å². The highest BCUT2D eigenvalue weighted by molar-refractivity contribution is 7.76. The zero-order valence-corrected chi connectivity index (χ0v) is 18.7. The Hall–Kier alpha value is -2.75. The average molecular weight is 436 g/mol. The van der Waals surface area contributed by atoms with Crippen LogP contribution in [0.15, 0.2) is 91.0 Å². The van der Waals surface area contributed by atoms with Crippen LogP contribution in [0.2, 0.25) is 0 Å². The highest BCUT2D eigenvalue weighted by atomic mass is 31.2. The van der Waals surface area contributed by atoms with Gasteiger partial charge in [-0.15, -0.1) is 0 Å². The number of rotatable bonds is 11. The Balaban J connectivity index is 2.08. The van der Waals surface area contributed by atoms with E-state index in [1.807, 2.05) is 91.0 Å². The first-order chi connectivity index (χ1) is 15.1. The molecule has 0 amide bonds. The van der Waals surface area contributed by atoms with Crippen molar-refractivity contribution in [2.45, 2.75) is 44.7 Å². The smallest absolute Gasteiger partial charge is 0.232 e. The Labute approximate surface area is 184 Å². The van der Waals surface area contributed by atoms with Gasteiger partial charge in [0, 0.05) is 22.0 Å². The molecule has 3 aromatic rings. The van der Waals surface area contributed by atoms with Crippen LogP contribution in [0.3, 0.4) is 0 Å². The first kappa shape index (κ1) is 22.9. The van der Waals surface area contributed by atoms with Gasteiger partial charge in [-0.1, -0.05) is 86.5 Å². The molecule has 0 radical (unpaired) electrons. The summed E-state index contributed by atoms with van der Waals surface area (Å²) in [6, 6.07) is 26.2. The van der Waals surface area contributed by atoms with Crippen molar-refractivity contribution in [3.63, 3.8) is 0 Å². The first-order valence-electron chi connectivity index (χ1n) is 10.7. The summed E-state index contributed by atoms with van der Waals surface area (Å²) >= 11 is 0. The predicted molar refractivity (Wildman–Crippen MR) is 127 cm³/mol. The minimum absolute atomic E-state index is 0.222. The molecule has 0 unspecified atom stereocenters. The van der Waals surface area contributed by atoms with Gasteiger partial charge in [0.2, 0.25) is 13.3 Å². The summed E-state index contributed by atoms with van der Waals surface area (Å²) in [5.41, 5.74) is 0.771. The zero-order chi connectivity index (χ0) is 22.1. The van der Waals surface area contributed by atoms with Crippen molar-refractivity contribution >= 4 is 17.9 Å². The van der Waals surface area contributed by atoms with E-state index in [1.54, 1.807) is 0 Å². The standard InChI is InChI=1S/C25H29N2O3P/c1-2-3-7-20-24(27(28)29)25(21-14-8-4-9-15-21)26-31(30,22-16-10-5-11-17-22)23-18-12-6-13-19-23/h4-6,8-19,24-25H,2-3,7,20H2,1H3,(H,26,30)/t24-,25+/m0/s1. The van der Waals surface area contributed by atoms with Crippen molar-refractivity contribution in [2.75, 3.05) is 0 Å². The Morgan fingerprint density at radius 1 is 0.839 bits per heavy atom. The van der Waals surface area contributed by atoms with Gasteiger partial charge in [0.15, 0.2) is 0 Å². The molecule has 0 heterocycles. The van der Waals surface area contributed by atoms with Gasteiger partial charge in [-0.3, -0.25) is 14.7 Å². The van der Waals surface area contributed by atoms with E-state index >= 15 is 0 Å². The molecular weight excluding hydrogens is 407 g/mol. The van der Waals surface area contributed by atoms with Crippen molar-refractivity contribution in [1.29, 1.82) is 0 Å². The summed E-state index contributed by atoms with van der Waals surface area (Å²) in [6.45, 7) is 2.08. The third-order valence-corrected chi connectivity index (χ3v) is 8.17. The van der Waals surface area contributed by atoms with Crippen LogP contribution < -0.4 is 15.7 Å². The van der Waals surface area contributed by atoms with Crippen LogP contribution in [-0.2, 0) is 4.57 Å². The summed E-state index contributed by atoms with van der Waals surface area (Å²) in [5, 5.41) is 16.7. The van der Waals surface area contributed by atoms with Crippen LogP contribution in [0.25, 0.3) is 0 Å². The Morgan fingerprint density at radius 3 is 1.77 bits per heavy atom. The van der Waals surface area contributed by atoms with E-state index in [0.717, 1.165) is 24.8 Å². The SMILES string of the molecule is CCCCC[C@@H]([C@H](NP(=O)(c1ccccc1)c1ccccc1)c1ccccc1)[N+](=O)[O-]. The van der Waals surface area contributed by atoms with Crippen molar-refractivity contribution in [3.8, 4) is 0 Å². The number of nitrogens with one attached hydrogen (secondary N) is 1. The molecule has 0 aliphatic carbocycles. The molecule has 0 bridgehead atoms. The van der Waals surface area contributed by atoms with Crippen molar-refractivity contribution in [1.82, 2.24) is 5.09 Å². The number of hydrogen-bond donors (Lipinski definition) is 1. The molecule has 2 atom stereocenters. The van der Waals surface area contributed by atoms with Crippen LogP contribution in [0.1, 0.15) is 44.2 Å². The van der Waals surface area contributed by atoms with Gasteiger partial charge in [-0.2, -0.15) is 0 Å². The maximum absolute atomic E-state index is 14.5. The van der Waals surface area contributed by atoms with Crippen LogP contribution in [0.5, 0.6) is 0 Å². The molecule has 31 heavy (non-hydrogen) atoms. The van der Waals surface area contributed by atoms with Gasteiger partial charge in [0.05, 0.1) is 0 Å². The monoisotopic (exact) mass is 436 g/mol. The normalized spacial score (nSPS) is 13.5. The fourth-order valence-electron chi connectivity index (χ4n) is 3.81. The van der Waals surface area contributed by atoms with Gasteiger partial charge in [0.1, 0.15) is 6.04 Å². The molecule has 6 heteroatoms. The van der Waals surface area contributed by atoms with Crippen molar-refractivity contribution in [3.05, 3.63) is 107 Å². The molecule has 0 aromatic heterocycles. The van der Waals surface area contributed by atoms with Crippen LogP contribution in [0, 0.1) is 10.1 Å². The highest BCUT2D eigenvalue weighted by Crippen LogP contribution is 2.43. The Bertz CT molecular complexity index is 954. The number of unbranched alkanes of at least 4 members (excludes halogenated alkanes) is 2. The lowest BCUT2D eigenvalue weighted by molar-refractivity contribution is -0.528. The van der Waals surface area contributed by atoms with E-state index < -0.39 is 19.4 Å². The van der Waals surface area contributed by atoms with Crippen LogP contribution in [0.4, 0.5) is 0 Å². The topological polar surface area (TPSA) is 72.2 Å². The number of benzene rings is 3. The zero-order valence-electron chi connectivity index (χ0n) is 17.8. The third kappa shape index (κ3) is 5.69. The average Bonchev–Trinajstić information content (AvgIpc) is 2.82. The van der Waals surface area contributed by atoms with E-state index in [1.165, 1.54) is 0 Å². The van der Waals surface area contributed by atoms with Crippen molar-refractivity contribution in [2.24, 2.45) is 0 Å². The largest absolute Gasteiger partial charge is 0.296 e.